The summed E-state index contributed by atoms with van der Waals surface area (Å²) in [4.78, 5) is 16.2. The molecule has 0 bridgehead atoms. The van der Waals surface area contributed by atoms with Crippen molar-refractivity contribution in [3.05, 3.63) is 101 Å². The summed E-state index contributed by atoms with van der Waals surface area (Å²) in [5, 5.41) is 0. The van der Waals surface area contributed by atoms with Gasteiger partial charge < -0.3 is 14.5 Å². The predicted octanol–water partition coefficient (Wildman–Crippen LogP) is 3.20. The van der Waals surface area contributed by atoms with E-state index in [0.29, 0.717) is 0 Å². The third-order valence-corrected chi connectivity index (χ3v) is 6.27. The lowest BCUT2D eigenvalue weighted by molar-refractivity contribution is -0.929. The van der Waals surface area contributed by atoms with Crippen LogP contribution in [0.3, 0.4) is 0 Å². The number of rotatable bonds is 6. The molecule has 0 atom stereocenters. The fraction of sp³-hybridized carbons (Fsp3) is 0.296. The Balaban J connectivity index is 1.38. The predicted molar refractivity (Wildman–Crippen MR) is 123 cm³/mol. The Hall–Kier alpha value is -3.11. The monoisotopic (exact) mass is 415 g/mol. The minimum atomic E-state index is 0.0632. The topological polar surface area (TPSA) is 34.0 Å². The summed E-state index contributed by atoms with van der Waals surface area (Å²) < 4.78 is 5.77. The largest absolute Gasteiger partial charge is 0.484 e. The number of piperazine rings is 1. The Morgan fingerprint density at radius 1 is 0.871 bits per heavy atom. The van der Waals surface area contributed by atoms with E-state index in [4.69, 9.17) is 4.74 Å². The van der Waals surface area contributed by atoms with E-state index in [9.17, 15) is 4.79 Å². The van der Waals surface area contributed by atoms with E-state index in [-0.39, 0.29) is 18.6 Å². The van der Waals surface area contributed by atoms with Crippen molar-refractivity contribution in [1.82, 2.24) is 4.90 Å². The molecule has 1 heterocycles. The van der Waals surface area contributed by atoms with Crippen LogP contribution in [-0.2, 0) is 4.79 Å². The van der Waals surface area contributed by atoms with Crippen LogP contribution in [0, 0.1) is 13.8 Å². The Kier molecular flexibility index (Phi) is 6.68. The number of quaternary nitrogens is 1. The van der Waals surface area contributed by atoms with Gasteiger partial charge in [0.25, 0.3) is 5.91 Å². The molecule has 1 saturated heterocycles. The SMILES string of the molecule is Cc1ccc(OCC(=O)N2CC[NH+](C(c3ccccc3)c3ccccc3)CC2)cc1C. The molecule has 0 aliphatic carbocycles. The maximum Gasteiger partial charge on any atom is 0.260 e. The standard InChI is InChI=1S/C27H30N2O2/c1-21-13-14-25(19-22(21)2)31-20-26(30)28-15-17-29(18-16-28)27(23-9-5-3-6-10-23)24-11-7-4-8-12-24/h3-14,19,27H,15-18,20H2,1-2H3/p+1. The van der Waals surface area contributed by atoms with Gasteiger partial charge in [0, 0.05) is 11.1 Å². The third kappa shape index (κ3) is 5.15. The van der Waals surface area contributed by atoms with Gasteiger partial charge in [0.15, 0.2) is 6.61 Å². The number of carbonyl (C=O) groups excluding carboxylic acids is 1. The van der Waals surface area contributed by atoms with Crippen molar-refractivity contribution < 1.29 is 14.4 Å². The first-order chi connectivity index (χ1) is 15.1. The Morgan fingerprint density at radius 2 is 1.45 bits per heavy atom. The van der Waals surface area contributed by atoms with Crippen LogP contribution in [0.15, 0.2) is 78.9 Å². The number of ether oxygens (including phenoxy) is 1. The number of carbonyl (C=O) groups is 1. The van der Waals surface area contributed by atoms with Gasteiger partial charge in [-0.25, -0.2) is 0 Å². The summed E-state index contributed by atoms with van der Waals surface area (Å²) in [7, 11) is 0. The van der Waals surface area contributed by atoms with Crippen LogP contribution >= 0.6 is 0 Å². The average Bonchev–Trinajstić information content (AvgIpc) is 2.82. The minimum absolute atomic E-state index is 0.0632. The molecule has 3 aromatic carbocycles. The second-order valence-electron chi connectivity index (χ2n) is 8.33. The van der Waals surface area contributed by atoms with Crippen molar-refractivity contribution in [2.24, 2.45) is 0 Å². The molecule has 4 nitrogen and oxygen atoms in total. The second kappa shape index (κ2) is 9.80. The minimum Gasteiger partial charge on any atom is -0.484 e. The van der Waals surface area contributed by atoms with Crippen molar-refractivity contribution in [2.75, 3.05) is 32.8 Å². The van der Waals surface area contributed by atoms with Crippen molar-refractivity contribution in [3.63, 3.8) is 0 Å². The number of nitrogens with zero attached hydrogens (tertiary/aromatic N) is 1. The summed E-state index contributed by atoms with van der Waals surface area (Å²) in [6, 6.07) is 27.6. The van der Waals surface area contributed by atoms with Crippen LogP contribution in [0.4, 0.5) is 0 Å². The fourth-order valence-electron chi connectivity index (χ4n) is 4.33. The summed E-state index contributed by atoms with van der Waals surface area (Å²) in [5.41, 5.74) is 5.04. The number of hydrogen-bond donors (Lipinski definition) is 1. The zero-order valence-corrected chi connectivity index (χ0v) is 18.4. The molecule has 1 amide bonds. The summed E-state index contributed by atoms with van der Waals surface area (Å²) in [5.74, 6) is 0.821. The summed E-state index contributed by atoms with van der Waals surface area (Å²) in [6.07, 6.45) is 0. The highest BCUT2D eigenvalue weighted by Crippen LogP contribution is 2.19. The molecule has 1 N–H and O–H groups in total. The van der Waals surface area contributed by atoms with Crippen molar-refractivity contribution >= 4 is 5.91 Å². The van der Waals surface area contributed by atoms with Crippen LogP contribution in [0.25, 0.3) is 0 Å². The Morgan fingerprint density at radius 3 is 2.00 bits per heavy atom. The maximum absolute atomic E-state index is 12.7. The highest BCUT2D eigenvalue weighted by Gasteiger charge is 2.31. The van der Waals surface area contributed by atoms with E-state index in [1.54, 1.807) is 0 Å². The number of hydrogen-bond acceptors (Lipinski definition) is 2. The molecule has 1 aliphatic rings. The Labute approximate surface area is 185 Å². The first-order valence-electron chi connectivity index (χ1n) is 11.0. The molecule has 31 heavy (non-hydrogen) atoms. The van der Waals surface area contributed by atoms with Crippen molar-refractivity contribution in [1.29, 1.82) is 0 Å². The molecular formula is C27H31N2O2+. The first-order valence-corrected chi connectivity index (χ1v) is 11.0. The lowest BCUT2D eigenvalue weighted by Crippen LogP contribution is -3.15. The molecular weight excluding hydrogens is 384 g/mol. The zero-order valence-electron chi connectivity index (χ0n) is 18.4. The molecule has 1 fully saturated rings. The summed E-state index contributed by atoms with van der Waals surface area (Å²) in [6.45, 7) is 7.57. The molecule has 1 aliphatic heterocycles. The van der Waals surface area contributed by atoms with Gasteiger partial charge >= 0.3 is 0 Å². The van der Waals surface area contributed by atoms with Gasteiger partial charge in [-0.1, -0.05) is 66.7 Å². The number of benzene rings is 3. The van der Waals surface area contributed by atoms with Crippen molar-refractivity contribution in [3.8, 4) is 5.75 Å². The van der Waals surface area contributed by atoms with Crippen LogP contribution in [-0.4, -0.2) is 43.6 Å². The number of aryl methyl sites for hydroxylation is 2. The molecule has 0 spiro atoms. The highest BCUT2D eigenvalue weighted by molar-refractivity contribution is 5.77. The lowest BCUT2D eigenvalue weighted by atomic mass is 9.96. The van der Waals surface area contributed by atoms with Gasteiger partial charge in [-0.05, 0) is 37.1 Å². The average molecular weight is 416 g/mol. The van der Waals surface area contributed by atoms with E-state index in [0.717, 1.165) is 31.9 Å². The normalized spacial score (nSPS) is 14.6. The molecule has 0 radical (unpaired) electrons. The van der Waals surface area contributed by atoms with Gasteiger partial charge in [-0.15, -0.1) is 0 Å². The third-order valence-electron chi connectivity index (χ3n) is 6.27. The number of amides is 1. The van der Waals surface area contributed by atoms with Gasteiger partial charge in [0.1, 0.15) is 11.8 Å². The van der Waals surface area contributed by atoms with Gasteiger partial charge in [0.2, 0.25) is 0 Å². The van der Waals surface area contributed by atoms with Crippen LogP contribution in [0.2, 0.25) is 0 Å². The van der Waals surface area contributed by atoms with Crippen molar-refractivity contribution in [2.45, 2.75) is 19.9 Å². The smallest absolute Gasteiger partial charge is 0.260 e. The second-order valence-corrected chi connectivity index (χ2v) is 8.33. The summed E-state index contributed by atoms with van der Waals surface area (Å²) >= 11 is 0. The van der Waals surface area contributed by atoms with Gasteiger partial charge in [-0.3, -0.25) is 4.79 Å². The molecule has 4 heteroatoms. The molecule has 0 unspecified atom stereocenters. The quantitative estimate of drug-likeness (QED) is 0.671. The van der Waals surface area contributed by atoms with Gasteiger partial charge in [0.05, 0.1) is 26.2 Å². The number of nitrogens with one attached hydrogen (secondary N) is 1. The maximum atomic E-state index is 12.7. The fourth-order valence-corrected chi connectivity index (χ4v) is 4.33. The molecule has 0 aromatic heterocycles. The highest BCUT2D eigenvalue weighted by atomic mass is 16.5. The van der Waals surface area contributed by atoms with E-state index >= 15 is 0 Å². The van der Waals surface area contributed by atoms with E-state index < -0.39 is 0 Å². The van der Waals surface area contributed by atoms with Gasteiger partial charge in [-0.2, -0.15) is 0 Å². The molecule has 3 aromatic rings. The molecule has 4 rings (SSSR count). The van der Waals surface area contributed by atoms with Crippen LogP contribution in [0.1, 0.15) is 28.3 Å². The van der Waals surface area contributed by atoms with E-state index in [1.807, 2.05) is 23.1 Å². The van der Waals surface area contributed by atoms with E-state index in [1.165, 1.54) is 27.2 Å². The van der Waals surface area contributed by atoms with Crippen LogP contribution < -0.4 is 9.64 Å². The lowest BCUT2D eigenvalue weighted by Gasteiger charge is -2.37. The first kappa shape index (κ1) is 21.1. The van der Waals surface area contributed by atoms with Crippen LogP contribution in [0.5, 0.6) is 5.75 Å². The molecule has 0 saturated carbocycles. The zero-order chi connectivity index (χ0) is 21.6. The Bertz CT molecular complexity index is 957. The van der Waals surface area contributed by atoms with E-state index in [2.05, 4.69) is 74.5 Å². The molecule has 160 valence electrons.